The largest absolute Gasteiger partial charge is 0.486 e. The summed E-state index contributed by atoms with van der Waals surface area (Å²) in [5.41, 5.74) is 0.874. The third-order valence-corrected chi connectivity index (χ3v) is 5.13. The Kier molecular flexibility index (Phi) is 3.55. The smallest absolute Gasteiger partial charge is 0.325 e. The second kappa shape index (κ2) is 5.98. The summed E-state index contributed by atoms with van der Waals surface area (Å²) in [4.78, 5) is 31.4. The molecule has 0 spiro atoms. The van der Waals surface area contributed by atoms with E-state index in [2.05, 4.69) is 10.3 Å². The van der Waals surface area contributed by atoms with Gasteiger partial charge < -0.3 is 19.2 Å². The van der Waals surface area contributed by atoms with Gasteiger partial charge in [0.2, 0.25) is 0 Å². The molecule has 8 heteroatoms. The number of hydrogen-bond donors (Lipinski definition) is 1. The molecule has 1 N–H and O–H groups in total. The van der Waals surface area contributed by atoms with E-state index in [4.69, 9.17) is 9.47 Å². The lowest BCUT2D eigenvalue weighted by Gasteiger charge is -2.25. The van der Waals surface area contributed by atoms with Crippen LogP contribution in [0.4, 0.5) is 4.79 Å². The van der Waals surface area contributed by atoms with E-state index in [9.17, 15) is 9.59 Å². The average Bonchev–Trinajstić information content (AvgIpc) is 3.22. The van der Waals surface area contributed by atoms with Gasteiger partial charge in [-0.05, 0) is 36.8 Å². The number of imidazole rings is 1. The summed E-state index contributed by atoms with van der Waals surface area (Å²) in [5.74, 6) is 0.883. The zero-order chi connectivity index (χ0) is 19.3. The predicted molar refractivity (Wildman–Crippen MR) is 99.1 cm³/mol. The Hall–Kier alpha value is -3.55. The summed E-state index contributed by atoms with van der Waals surface area (Å²) in [6, 6.07) is 10.5. The van der Waals surface area contributed by atoms with Gasteiger partial charge in [0.05, 0.1) is 12.2 Å². The maximum absolute atomic E-state index is 13.2. The Morgan fingerprint density at radius 3 is 2.79 bits per heavy atom. The molecule has 0 bridgehead atoms. The van der Waals surface area contributed by atoms with E-state index >= 15 is 0 Å². The van der Waals surface area contributed by atoms with Gasteiger partial charge in [0.1, 0.15) is 24.4 Å². The van der Waals surface area contributed by atoms with E-state index in [0.717, 1.165) is 5.65 Å². The second-order valence-corrected chi connectivity index (χ2v) is 7.00. The number of urea groups is 1. The van der Waals surface area contributed by atoms with Crippen LogP contribution in [0.3, 0.4) is 0 Å². The molecule has 1 aromatic carbocycles. The SMILES string of the molecule is C[C@]1(c2ccc3c(c2)OCCO3)NC(=O)N(Cc2cn3ccccc3n2)C1=O. The molecule has 0 aliphatic carbocycles. The molecule has 4 heterocycles. The molecule has 3 amide bonds. The van der Waals surface area contributed by atoms with Crippen LogP contribution in [-0.4, -0.2) is 39.4 Å². The third-order valence-electron chi connectivity index (χ3n) is 5.13. The van der Waals surface area contributed by atoms with Crippen LogP contribution >= 0.6 is 0 Å². The molecule has 1 saturated heterocycles. The van der Waals surface area contributed by atoms with Crippen molar-refractivity contribution in [3.05, 3.63) is 60.0 Å². The topological polar surface area (TPSA) is 85.2 Å². The lowest BCUT2D eigenvalue weighted by Crippen LogP contribution is -2.41. The van der Waals surface area contributed by atoms with Crippen molar-refractivity contribution in [2.24, 2.45) is 0 Å². The standard InChI is InChI=1S/C20H18N4O4/c1-20(13-5-6-15-16(10-13)28-9-8-27-15)18(25)24(19(26)22-20)12-14-11-23-7-3-2-4-17(23)21-14/h2-7,10-11H,8-9,12H2,1H3,(H,22,26)/t20-/m1/s1. The van der Waals surface area contributed by atoms with Crippen LogP contribution in [0.25, 0.3) is 5.65 Å². The first-order chi connectivity index (χ1) is 13.5. The third kappa shape index (κ3) is 2.49. The van der Waals surface area contributed by atoms with Crippen LogP contribution in [0.5, 0.6) is 11.5 Å². The van der Waals surface area contributed by atoms with E-state index in [1.54, 1.807) is 25.1 Å². The second-order valence-electron chi connectivity index (χ2n) is 7.00. The summed E-state index contributed by atoms with van der Waals surface area (Å²) in [6.07, 6.45) is 3.69. The maximum Gasteiger partial charge on any atom is 0.325 e. The van der Waals surface area contributed by atoms with Gasteiger partial charge in [0, 0.05) is 12.4 Å². The van der Waals surface area contributed by atoms with Gasteiger partial charge in [0.15, 0.2) is 11.5 Å². The number of hydrogen-bond acceptors (Lipinski definition) is 5. The molecule has 142 valence electrons. The quantitative estimate of drug-likeness (QED) is 0.706. The van der Waals surface area contributed by atoms with Gasteiger partial charge in [-0.15, -0.1) is 0 Å². The minimum Gasteiger partial charge on any atom is -0.486 e. The van der Waals surface area contributed by atoms with Crippen molar-refractivity contribution in [2.45, 2.75) is 19.0 Å². The predicted octanol–water partition coefficient (Wildman–Crippen LogP) is 2.07. The Morgan fingerprint density at radius 2 is 1.96 bits per heavy atom. The van der Waals surface area contributed by atoms with E-state index in [1.807, 2.05) is 35.0 Å². The van der Waals surface area contributed by atoms with Gasteiger partial charge in [-0.2, -0.15) is 0 Å². The number of rotatable bonds is 3. The number of carbonyl (C=O) groups excluding carboxylic acids is 2. The lowest BCUT2D eigenvalue weighted by atomic mass is 9.91. The Bertz CT molecular complexity index is 1080. The van der Waals surface area contributed by atoms with Crippen LogP contribution < -0.4 is 14.8 Å². The molecule has 8 nitrogen and oxygen atoms in total. The van der Waals surface area contributed by atoms with Crippen molar-refractivity contribution in [3.8, 4) is 11.5 Å². The zero-order valence-electron chi connectivity index (χ0n) is 15.2. The van der Waals surface area contributed by atoms with Gasteiger partial charge in [-0.3, -0.25) is 9.69 Å². The van der Waals surface area contributed by atoms with Gasteiger partial charge in [0.25, 0.3) is 5.91 Å². The number of fused-ring (bicyclic) bond motifs is 2. The molecule has 2 aliphatic heterocycles. The Labute approximate surface area is 160 Å². The molecule has 28 heavy (non-hydrogen) atoms. The molecular formula is C20H18N4O4. The molecule has 0 unspecified atom stereocenters. The fourth-order valence-corrected chi connectivity index (χ4v) is 3.62. The molecule has 0 radical (unpaired) electrons. The van der Waals surface area contributed by atoms with Crippen molar-refractivity contribution >= 4 is 17.6 Å². The normalized spacial score (nSPS) is 21.2. The van der Waals surface area contributed by atoms with Crippen LogP contribution in [-0.2, 0) is 16.9 Å². The zero-order valence-corrected chi connectivity index (χ0v) is 15.2. The van der Waals surface area contributed by atoms with Crippen LogP contribution in [0.1, 0.15) is 18.2 Å². The number of imide groups is 1. The van der Waals surface area contributed by atoms with Gasteiger partial charge >= 0.3 is 6.03 Å². The maximum atomic E-state index is 13.2. The summed E-state index contributed by atoms with van der Waals surface area (Å²) in [6.45, 7) is 2.74. The lowest BCUT2D eigenvalue weighted by molar-refractivity contribution is -0.131. The number of amides is 3. The van der Waals surface area contributed by atoms with Crippen LogP contribution in [0.2, 0.25) is 0 Å². The van der Waals surface area contributed by atoms with Crippen LogP contribution in [0, 0.1) is 0 Å². The molecular weight excluding hydrogens is 360 g/mol. The van der Waals surface area contributed by atoms with E-state index in [0.29, 0.717) is 36.0 Å². The van der Waals surface area contributed by atoms with E-state index in [1.165, 1.54) is 4.90 Å². The van der Waals surface area contributed by atoms with Crippen molar-refractivity contribution < 1.29 is 19.1 Å². The highest BCUT2D eigenvalue weighted by Crippen LogP contribution is 2.37. The molecule has 1 fully saturated rings. The monoisotopic (exact) mass is 378 g/mol. The highest BCUT2D eigenvalue weighted by atomic mass is 16.6. The van der Waals surface area contributed by atoms with Gasteiger partial charge in [-0.25, -0.2) is 9.78 Å². The molecule has 1 atom stereocenters. The number of carbonyl (C=O) groups is 2. The average molecular weight is 378 g/mol. The van der Waals surface area contributed by atoms with Crippen molar-refractivity contribution in [1.29, 1.82) is 0 Å². The molecule has 2 aromatic heterocycles. The first-order valence-electron chi connectivity index (χ1n) is 9.01. The number of nitrogens with one attached hydrogen (secondary N) is 1. The minimum atomic E-state index is -1.17. The minimum absolute atomic E-state index is 0.104. The number of benzene rings is 1. The molecule has 0 saturated carbocycles. The van der Waals surface area contributed by atoms with E-state index in [-0.39, 0.29) is 12.5 Å². The van der Waals surface area contributed by atoms with E-state index < -0.39 is 11.6 Å². The summed E-state index contributed by atoms with van der Waals surface area (Å²) in [7, 11) is 0. The van der Waals surface area contributed by atoms with Crippen LogP contribution in [0.15, 0.2) is 48.8 Å². The van der Waals surface area contributed by atoms with Gasteiger partial charge in [-0.1, -0.05) is 12.1 Å². The number of ether oxygens (including phenoxy) is 2. The fourth-order valence-electron chi connectivity index (χ4n) is 3.62. The number of pyridine rings is 1. The van der Waals surface area contributed by atoms with Crippen molar-refractivity contribution in [1.82, 2.24) is 19.6 Å². The molecule has 3 aromatic rings. The summed E-state index contributed by atoms with van der Waals surface area (Å²) >= 11 is 0. The first kappa shape index (κ1) is 16.6. The van der Waals surface area contributed by atoms with Crippen molar-refractivity contribution in [3.63, 3.8) is 0 Å². The number of nitrogens with zero attached hydrogens (tertiary/aromatic N) is 3. The summed E-state index contributed by atoms with van der Waals surface area (Å²) in [5, 5.41) is 2.81. The highest BCUT2D eigenvalue weighted by molar-refractivity contribution is 6.07. The van der Waals surface area contributed by atoms with Crippen molar-refractivity contribution in [2.75, 3.05) is 13.2 Å². The Morgan fingerprint density at radius 1 is 1.14 bits per heavy atom. The fraction of sp³-hybridized carbons (Fsp3) is 0.250. The molecule has 2 aliphatic rings. The highest BCUT2D eigenvalue weighted by Gasteiger charge is 2.49. The molecule has 5 rings (SSSR count). The number of aromatic nitrogens is 2. The summed E-state index contributed by atoms with van der Waals surface area (Å²) < 4.78 is 13.0. The Balaban J connectivity index is 1.44. The first-order valence-corrected chi connectivity index (χ1v) is 9.01.